The van der Waals surface area contributed by atoms with Crippen molar-refractivity contribution in [2.24, 2.45) is 0 Å². The summed E-state index contributed by atoms with van der Waals surface area (Å²) in [6.45, 7) is 8.05. The molecule has 0 aliphatic carbocycles. The SMILES string of the molecule is Cc1cc(CCl)cc(N2CCC(N3CCOCC3)C2)n1. The predicted molar refractivity (Wildman–Crippen MR) is 81.5 cm³/mol. The van der Waals surface area contributed by atoms with E-state index >= 15 is 0 Å². The van der Waals surface area contributed by atoms with Gasteiger partial charge in [0.15, 0.2) is 0 Å². The molecule has 0 saturated carbocycles. The van der Waals surface area contributed by atoms with Crippen molar-refractivity contribution in [1.29, 1.82) is 0 Å². The zero-order valence-corrected chi connectivity index (χ0v) is 12.8. The minimum absolute atomic E-state index is 0.553. The molecule has 0 amide bonds. The molecule has 0 aromatic carbocycles. The summed E-state index contributed by atoms with van der Waals surface area (Å²) in [5.41, 5.74) is 2.21. The van der Waals surface area contributed by atoms with E-state index in [1.807, 2.05) is 6.92 Å². The number of nitrogens with zero attached hydrogens (tertiary/aromatic N) is 3. The number of halogens is 1. The maximum Gasteiger partial charge on any atom is 0.129 e. The molecule has 1 aromatic heterocycles. The molecule has 1 unspecified atom stereocenters. The Morgan fingerprint density at radius 2 is 2.10 bits per heavy atom. The molecule has 1 atom stereocenters. The molecule has 3 heterocycles. The van der Waals surface area contributed by atoms with Crippen LogP contribution in [0.15, 0.2) is 12.1 Å². The number of hydrogen-bond acceptors (Lipinski definition) is 4. The lowest BCUT2D eigenvalue weighted by molar-refractivity contribution is 0.0209. The van der Waals surface area contributed by atoms with Crippen LogP contribution in [0.25, 0.3) is 0 Å². The fourth-order valence-electron chi connectivity index (χ4n) is 3.15. The van der Waals surface area contributed by atoms with E-state index in [9.17, 15) is 0 Å². The smallest absolute Gasteiger partial charge is 0.129 e. The summed E-state index contributed by atoms with van der Waals surface area (Å²) in [4.78, 5) is 9.62. The molecule has 0 radical (unpaired) electrons. The molecule has 2 aliphatic rings. The van der Waals surface area contributed by atoms with E-state index in [1.54, 1.807) is 0 Å². The Bertz CT molecular complexity index is 462. The number of aromatic nitrogens is 1. The lowest BCUT2D eigenvalue weighted by Gasteiger charge is -2.32. The van der Waals surface area contributed by atoms with E-state index in [2.05, 4.69) is 26.9 Å². The standard InChI is InChI=1S/C15H22ClN3O/c1-12-8-13(10-16)9-15(17-12)19-3-2-14(11-19)18-4-6-20-7-5-18/h8-9,14H,2-7,10-11H2,1H3. The number of hydrogen-bond donors (Lipinski definition) is 0. The van der Waals surface area contributed by atoms with E-state index in [0.29, 0.717) is 11.9 Å². The molecular formula is C15H22ClN3O. The van der Waals surface area contributed by atoms with Gasteiger partial charge in [0.2, 0.25) is 0 Å². The van der Waals surface area contributed by atoms with E-state index in [4.69, 9.17) is 16.3 Å². The average molecular weight is 296 g/mol. The monoisotopic (exact) mass is 295 g/mol. The Labute approximate surface area is 125 Å². The van der Waals surface area contributed by atoms with Crippen LogP contribution >= 0.6 is 11.6 Å². The molecule has 0 N–H and O–H groups in total. The summed E-state index contributed by atoms with van der Waals surface area (Å²) in [5, 5.41) is 0. The van der Waals surface area contributed by atoms with Gasteiger partial charge < -0.3 is 9.64 Å². The largest absolute Gasteiger partial charge is 0.379 e. The molecule has 0 bridgehead atoms. The lowest BCUT2D eigenvalue weighted by atomic mass is 10.2. The number of pyridine rings is 1. The summed E-state index contributed by atoms with van der Waals surface area (Å²) in [7, 11) is 0. The Hall–Kier alpha value is -0.840. The van der Waals surface area contributed by atoms with Gasteiger partial charge in [-0.2, -0.15) is 0 Å². The van der Waals surface area contributed by atoms with Crippen LogP contribution in [0.2, 0.25) is 0 Å². The van der Waals surface area contributed by atoms with Crippen LogP contribution in [0, 0.1) is 6.92 Å². The fourth-order valence-corrected chi connectivity index (χ4v) is 3.31. The topological polar surface area (TPSA) is 28.6 Å². The molecule has 3 rings (SSSR count). The van der Waals surface area contributed by atoms with Gasteiger partial charge in [0.05, 0.1) is 13.2 Å². The first-order valence-electron chi connectivity index (χ1n) is 7.36. The Morgan fingerprint density at radius 3 is 2.85 bits per heavy atom. The third-order valence-electron chi connectivity index (χ3n) is 4.20. The first-order chi connectivity index (χ1) is 9.76. The molecule has 1 aromatic rings. The molecule has 20 heavy (non-hydrogen) atoms. The average Bonchev–Trinajstić information content (AvgIpc) is 2.97. The third kappa shape index (κ3) is 3.08. The summed E-state index contributed by atoms with van der Waals surface area (Å²) in [6, 6.07) is 4.83. The van der Waals surface area contributed by atoms with Crippen molar-refractivity contribution < 1.29 is 4.74 Å². The second kappa shape index (κ2) is 6.29. The van der Waals surface area contributed by atoms with Crippen molar-refractivity contribution in [3.05, 3.63) is 23.4 Å². The molecule has 0 spiro atoms. The van der Waals surface area contributed by atoms with E-state index < -0.39 is 0 Å². The number of aryl methyl sites for hydroxylation is 1. The van der Waals surface area contributed by atoms with Gasteiger partial charge in [-0.3, -0.25) is 4.90 Å². The maximum absolute atomic E-state index is 5.96. The first kappa shape index (κ1) is 14.1. The van der Waals surface area contributed by atoms with Crippen molar-refractivity contribution in [3.8, 4) is 0 Å². The summed E-state index contributed by atoms with van der Waals surface area (Å²) >= 11 is 5.96. The van der Waals surface area contributed by atoms with Gasteiger partial charge in [-0.1, -0.05) is 0 Å². The number of rotatable bonds is 3. The van der Waals surface area contributed by atoms with Crippen molar-refractivity contribution >= 4 is 17.4 Å². The normalized spacial score (nSPS) is 24.3. The van der Waals surface area contributed by atoms with Crippen molar-refractivity contribution in [1.82, 2.24) is 9.88 Å². The van der Waals surface area contributed by atoms with E-state index in [1.165, 1.54) is 6.42 Å². The zero-order valence-electron chi connectivity index (χ0n) is 12.0. The minimum atomic E-state index is 0.553. The van der Waals surface area contributed by atoms with Crippen molar-refractivity contribution in [3.63, 3.8) is 0 Å². The Morgan fingerprint density at radius 1 is 1.30 bits per heavy atom. The van der Waals surface area contributed by atoms with Gasteiger partial charge in [0.1, 0.15) is 5.82 Å². The highest BCUT2D eigenvalue weighted by atomic mass is 35.5. The lowest BCUT2D eigenvalue weighted by Crippen LogP contribution is -2.44. The van der Waals surface area contributed by atoms with Crippen LogP contribution in [0.3, 0.4) is 0 Å². The van der Waals surface area contributed by atoms with Gasteiger partial charge in [0.25, 0.3) is 0 Å². The predicted octanol–water partition coefficient (Wildman–Crippen LogP) is 2.04. The number of ether oxygens (including phenoxy) is 1. The summed E-state index contributed by atoms with van der Waals surface area (Å²) in [5.74, 6) is 1.63. The van der Waals surface area contributed by atoms with Crippen molar-refractivity contribution in [2.75, 3.05) is 44.3 Å². The Balaban J connectivity index is 1.68. The quantitative estimate of drug-likeness (QED) is 0.798. The van der Waals surface area contributed by atoms with Crippen LogP contribution in [0.4, 0.5) is 5.82 Å². The highest BCUT2D eigenvalue weighted by molar-refractivity contribution is 6.17. The summed E-state index contributed by atoms with van der Waals surface area (Å²) in [6.07, 6.45) is 1.21. The Kier molecular flexibility index (Phi) is 4.44. The van der Waals surface area contributed by atoms with Gasteiger partial charge in [-0.15, -0.1) is 11.6 Å². The second-order valence-corrected chi connectivity index (χ2v) is 5.91. The van der Waals surface area contributed by atoms with Crippen LogP contribution in [0.1, 0.15) is 17.7 Å². The fraction of sp³-hybridized carbons (Fsp3) is 0.667. The van der Waals surface area contributed by atoms with Gasteiger partial charge in [-0.05, 0) is 31.0 Å². The number of anilines is 1. The van der Waals surface area contributed by atoms with E-state index in [0.717, 1.165) is 56.5 Å². The van der Waals surface area contributed by atoms with Crippen LogP contribution < -0.4 is 4.90 Å². The maximum atomic E-state index is 5.96. The van der Waals surface area contributed by atoms with Crippen LogP contribution in [0.5, 0.6) is 0 Å². The first-order valence-corrected chi connectivity index (χ1v) is 7.90. The van der Waals surface area contributed by atoms with Crippen LogP contribution in [-0.2, 0) is 10.6 Å². The number of alkyl halides is 1. The highest BCUT2D eigenvalue weighted by Crippen LogP contribution is 2.24. The van der Waals surface area contributed by atoms with E-state index in [-0.39, 0.29) is 0 Å². The third-order valence-corrected chi connectivity index (χ3v) is 4.51. The molecule has 2 aliphatic heterocycles. The molecule has 2 fully saturated rings. The van der Waals surface area contributed by atoms with Gasteiger partial charge in [-0.25, -0.2) is 4.98 Å². The van der Waals surface area contributed by atoms with Crippen LogP contribution in [-0.4, -0.2) is 55.3 Å². The number of morpholine rings is 1. The van der Waals surface area contributed by atoms with Gasteiger partial charge in [0, 0.05) is 43.8 Å². The van der Waals surface area contributed by atoms with Crippen molar-refractivity contribution in [2.45, 2.75) is 25.3 Å². The molecule has 2 saturated heterocycles. The second-order valence-electron chi connectivity index (χ2n) is 5.65. The van der Waals surface area contributed by atoms with Gasteiger partial charge >= 0.3 is 0 Å². The summed E-state index contributed by atoms with van der Waals surface area (Å²) < 4.78 is 5.43. The zero-order chi connectivity index (χ0) is 13.9. The molecule has 5 heteroatoms. The molecule has 4 nitrogen and oxygen atoms in total. The highest BCUT2D eigenvalue weighted by Gasteiger charge is 2.29. The minimum Gasteiger partial charge on any atom is -0.379 e. The molecule has 110 valence electrons. The molecular weight excluding hydrogens is 274 g/mol.